The van der Waals surface area contributed by atoms with Crippen LogP contribution in [0.2, 0.25) is 0 Å². The van der Waals surface area contributed by atoms with Crippen molar-refractivity contribution in [1.82, 2.24) is 4.98 Å². The number of aromatic nitrogens is 1. The third-order valence-electron chi connectivity index (χ3n) is 4.46. The summed E-state index contributed by atoms with van der Waals surface area (Å²) >= 11 is 0. The maximum atomic E-state index is 12.1. The molecule has 0 aliphatic carbocycles. The number of fused-ring (bicyclic) bond motifs is 1. The molecule has 0 fully saturated rings. The van der Waals surface area contributed by atoms with Crippen molar-refractivity contribution in [3.63, 3.8) is 0 Å². The summed E-state index contributed by atoms with van der Waals surface area (Å²) in [5, 5.41) is 0.865. The Morgan fingerprint density at radius 2 is 1.96 bits per heavy atom. The molecule has 0 amide bonds. The van der Waals surface area contributed by atoms with Crippen molar-refractivity contribution in [1.29, 1.82) is 0 Å². The van der Waals surface area contributed by atoms with Gasteiger partial charge in [-0.1, -0.05) is 57.7 Å². The molecule has 1 aromatic heterocycles. The Morgan fingerprint density at radius 1 is 1.17 bits per heavy atom. The van der Waals surface area contributed by atoms with Crippen molar-refractivity contribution in [3.05, 3.63) is 41.6 Å². The van der Waals surface area contributed by atoms with E-state index in [0.717, 1.165) is 29.4 Å². The predicted molar refractivity (Wildman–Crippen MR) is 94.9 cm³/mol. The average molecular weight is 313 g/mol. The molecule has 0 saturated carbocycles. The molecular weight excluding hydrogens is 286 g/mol. The molecule has 0 saturated heterocycles. The van der Waals surface area contributed by atoms with E-state index in [1.54, 1.807) is 0 Å². The van der Waals surface area contributed by atoms with E-state index in [1.165, 1.54) is 32.8 Å². The molecule has 2 aromatic rings. The van der Waals surface area contributed by atoms with E-state index in [0.29, 0.717) is 11.5 Å². The fourth-order valence-electron chi connectivity index (χ4n) is 3.06. The number of carbonyl (C=O) groups excluding carboxylic acids is 1. The molecule has 1 heterocycles. The van der Waals surface area contributed by atoms with E-state index in [4.69, 9.17) is 9.72 Å². The zero-order valence-corrected chi connectivity index (χ0v) is 14.5. The monoisotopic (exact) mass is 313 g/mol. The largest absolute Gasteiger partial charge is 0.465 e. The first-order valence-electron chi connectivity index (χ1n) is 8.69. The molecule has 2 rings (SSSR count). The first-order chi connectivity index (χ1) is 11.2. The van der Waals surface area contributed by atoms with E-state index in [2.05, 4.69) is 13.8 Å². The van der Waals surface area contributed by atoms with Crippen LogP contribution in [0.1, 0.15) is 74.3 Å². The number of hydrogen-bond acceptors (Lipinski definition) is 3. The molecule has 3 nitrogen and oxygen atoms in total. The van der Waals surface area contributed by atoms with E-state index < -0.39 is 0 Å². The van der Waals surface area contributed by atoms with Gasteiger partial charge in [-0.05, 0) is 25.0 Å². The van der Waals surface area contributed by atoms with Crippen LogP contribution in [-0.2, 0) is 4.74 Å². The topological polar surface area (TPSA) is 39.2 Å². The van der Waals surface area contributed by atoms with Crippen LogP contribution in [0.4, 0.5) is 0 Å². The molecule has 0 bridgehead atoms. The summed E-state index contributed by atoms with van der Waals surface area (Å²) in [5.74, 6) is 0.116. The Hall–Kier alpha value is -1.90. The van der Waals surface area contributed by atoms with Gasteiger partial charge in [-0.3, -0.25) is 4.98 Å². The van der Waals surface area contributed by atoms with Gasteiger partial charge in [0.15, 0.2) is 0 Å². The molecule has 124 valence electrons. The molecule has 0 spiro atoms. The highest BCUT2D eigenvalue weighted by atomic mass is 16.5. The van der Waals surface area contributed by atoms with Crippen molar-refractivity contribution in [2.24, 2.45) is 0 Å². The maximum Gasteiger partial charge on any atom is 0.338 e. The zero-order chi connectivity index (χ0) is 16.7. The normalized spacial score (nSPS) is 12.3. The molecule has 0 aliphatic heterocycles. The van der Waals surface area contributed by atoms with Gasteiger partial charge in [0.25, 0.3) is 0 Å². The number of unbranched alkanes of at least 4 members (excludes halogenated alkanes) is 3. The fraction of sp³-hybridized carbons (Fsp3) is 0.500. The molecule has 23 heavy (non-hydrogen) atoms. The predicted octanol–water partition coefficient (Wildman–Crippen LogP) is 5.49. The van der Waals surface area contributed by atoms with Gasteiger partial charge in [0.2, 0.25) is 0 Å². The van der Waals surface area contributed by atoms with Crippen molar-refractivity contribution < 1.29 is 9.53 Å². The minimum atomic E-state index is -0.286. The van der Waals surface area contributed by atoms with Crippen molar-refractivity contribution in [3.8, 4) is 0 Å². The van der Waals surface area contributed by atoms with Crippen LogP contribution in [0, 0.1) is 0 Å². The number of ether oxygens (including phenoxy) is 1. The van der Waals surface area contributed by atoms with E-state index in [-0.39, 0.29) is 5.97 Å². The first-order valence-corrected chi connectivity index (χ1v) is 8.69. The van der Waals surface area contributed by atoms with Crippen molar-refractivity contribution in [2.45, 2.75) is 58.3 Å². The molecule has 1 aromatic carbocycles. The smallest absolute Gasteiger partial charge is 0.338 e. The Bertz CT molecular complexity index is 651. The Labute approximate surface area is 139 Å². The summed E-state index contributed by atoms with van der Waals surface area (Å²) in [6, 6.07) is 9.72. The first kappa shape index (κ1) is 17.5. The second-order valence-corrected chi connectivity index (χ2v) is 6.06. The van der Waals surface area contributed by atoms with E-state index in [9.17, 15) is 4.79 Å². The second-order valence-electron chi connectivity index (χ2n) is 6.06. The van der Waals surface area contributed by atoms with Gasteiger partial charge in [-0.25, -0.2) is 4.79 Å². The van der Waals surface area contributed by atoms with Gasteiger partial charge in [-0.2, -0.15) is 0 Å². The fourth-order valence-corrected chi connectivity index (χ4v) is 3.06. The highest BCUT2D eigenvalue weighted by molar-refractivity contribution is 6.03. The van der Waals surface area contributed by atoms with Gasteiger partial charge in [0.1, 0.15) is 0 Å². The number of nitrogens with zero attached hydrogens (tertiary/aromatic N) is 1. The standard InChI is InChI=1S/C20H27NO2/c1-4-6-7-8-11-15(5-2)19-14-17(20(22)23-3)16-12-9-10-13-18(16)21-19/h9-10,12-15H,4-8,11H2,1-3H3. The highest BCUT2D eigenvalue weighted by Crippen LogP contribution is 2.28. The molecule has 0 N–H and O–H groups in total. The Kier molecular flexibility index (Phi) is 6.57. The number of carbonyl (C=O) groups is 1. The van der Waals surface area contributed by atoms with Crippen molar-refractivity contribution >= 4 is 16.9 Å². The summed E-state index contributed by atoms with van der Waals surface area (Å²) < 4.78 is 4.96. The minimum Gasteiger partial charge on any atom is -0.465 e. The molecule has 0 aliphatic rings. The second kappa shape index (κ2) is 8.66. The molecule has 1 unspecified atom stereocenters. The van der Waals surface area contributed by atoms with Gasteiger partial charge in [-0.15, -0.1) is 0 Å². The minimum absolute atomic E-state index is 0.286. The SMILES string of the molecule is CCCCCCC(CC)c1cc(C(=O)OC)c2ccccc2n1. The lowest BCUT2D eigenvalue weighted by Gasteiger charge is -2.16. The number of methoxy groups -OCH3 is 1. The number of pyridine rings is 1. The summed E-state index contributed by atoms with van der Waals surface area (Å²) in [7, 11) is 1.43. The Morgan fingerprint density at radius 3 is 2.65 bits per heavy atom. The number of benzene rings is 1. The van der Waals surface area contributed by atoms with Crippen LogP contribution >= 0.6 is 0 Å². The summed E-state index contributed by atoms with van der Waals surface area (Å²) in [6.45, 7) is 4.42. The lowest BCUT2D eigenvalue weighted by atomic mass is 9.92. The highest BCUT2D eigenvalue weighted by Gasteiger charge is 2.17. The number of para-hydroxylation sites is 1. The number of rotatable bonds is 8. The van der Waals surface area contributed by atoms with Crippen LogP contribution in [-0.4, -0.2) is 18.1 Å². The van der Waals surface area contributed by atoms with Gasteiger partial charge < -0.3 is 4.74 Å². The number of hydrogen-bond donors (Lipinski definition) is 0. The van der Waals surface area contributed by atoms with Crippen LogP contribution in [0.15, 0.2) is 30.3 Å². The summed E-state index contributed by atoms with van der Waals surface area (Å²) in [6.07, 6.45) is 7.19. The lowest BCUT2D eigenvalue weighted by Crippen LogP contribution is -2.08. The van der Waals surface area contributed by atoms with Crippen LogP contribution in [0.3, 0.4) is 0 Å². The summed E-state index contributed by atoms with van der Waals surface area (Å²) in [5.41, 5.74) is 2.51. The average Bonchev–Trinajstić information content (AvgIpc) is 2.60. The molecule has 0 radical (unpaired) electrons. The number of esters is 1. The van der Waals surface area contributed by atoms with Gasteiger partial charge in [0, 0.05) is 17.0 Å². The van der Waals surface area contributed by atoms with E-state index in [1.807, 2.05) is 30.3 Å². The quantitative estimate of drug-likeness (QED) is 0.478. The zero-order valence-electron chi connectivity index (χ0n) is 14.5. The molecule has 1 atom stereocenters. The third-order valence-corrected chi connectivity index (χ3v) is 4.46. The van der Waals surface area contributed by atoms with Gasteiger partial charge in [0.05, 0.1) is 18.2 Å². The Balaban J connectivity index is 2.33. The van der Waals surface area contributed by atoms with Gasteiger partial charge >= 0.3 is 5.97 Å². The summed E-state index contributed by atoms with van der Waals surface area (Å²) in [4.78, 5) is 17.0. The van der Waals surface area contributed by atoms with Crippen molar-refractivity contribution in [2.75, 3.05) is 7.11 Å². The molecule has 3 heteroatoms. The lowest BCUT2D eigenvalue weighted by molar-refractivity contribution is 0.0602. The maximum absolute atomic E-state index is 12.1. The van der Waals surface area contributed by atoms with Crippen LogP contribution < -0.4 is 0 Å². The van der Waals surface area contributed by atoms with E-state index >= 15 is 0 Å². The molecular formula is C20H27NO2. The van der Waals surface area contributed by atoms with Crippen LogP contribution in [0.25, 0.3) is 10.9 Å². The third kappa shape index (κ3) is 4.31. The van der Waals surface area contributed by atoms with Crippen LogP contribution in [0.5, 0.6) is 0 Å².